The Morgan fingerprint density at radius 3 is 2.61 bits per heavy atom. The van der Waals surface area contributed by atoms with E-state index in [0.29, 0.717) is 5.56 Å². The number of alkyl halides is 3. The molecule has 0 saturated heterocycles. The maximum absolute atomic E-state index is 12.8. The Labute approximate surface area is 135 Å². The molecule has 0 unspecified atom stereocenters. The Morgan fingerprint density at radius 1 is 1.04 bits per heavy atom. The fourth-order valence-electron chi connectivity index (χ4n) is 2.06. The molecule has 1 N–H and O–H groups in total. The maximum Gasteiger partial charge on any atom is 0.433 e. The third kappa shape index (κ3) is 3.39. The lowest BCUT2D eigenvalue weighted by Crippen LogP contribution is -2.09. The van der Waals surface area contributed by atoms with Crippen LogP contribution in [0.25, 0.3) is 10.9 Å². The first-order valence-electron chi connectivity index (χ1n) is 6.76. The van der Waals surface area contributed by atoms with Crippen molar-refractivity contribution < 1.29 is 13.2 Å². The third-order valence-corrected chi connectivity index (χ3v) is 4.16. The first kappa shape index (κ1) is 15.6. The van der Waals surface area contributed by atoms with Gasteiger partial charge in [-0.3, -0.25) is 4.98 Å². The van der Waals surface area contributed by atoms with Gasteiger partial charge in [-0.05, 0) is 30.7 Å². The molecule has 0 amide bonds. The highest BCUT2D eigenvalue weighted by molar-refractivity contribution is 8.00. The number of benzene rings is 1. The molecule has 0 aliphatic carbocycles. The summed E-state index contributed by atoms with van der Waals surface area (Å²) in [5.74, 6) is 0. The van der Waals surface area contributed by atoms with Gasteiger partial charge in [0.2, 0.25) is 0 Å². The van der Waals surface area contributed by atoms with Gasteiger partial charge in [-0.25, -0.2) is 4.98 Å². The predicted octanol–water partition coefficient (Wildman–Crippen LogP) is 5.08. The second kappa shape index (κ2) is 6.08. The van der Waals surface area contributed by atoms with Crippen LogP contribution in [0.1, 0.15) is 11.3 Å². The number of aryl methyl sites for hydroxylation is 1. The van der Waals surface area contributed by atoms with Gasteiger partial charge in [-0.15, -0.1) is 0 Å². The minimum absolute atomic E-state index is 0.285. The molecule has 0 atom stereocenters. The van der Waals surface area contributed by atoms with Crippen molar-refractivity contribution in [1.29, 1.82) is 0 Å². The number of aromatic nitrogens is 2. The topological polar surface area (TPSA) is 37.8 Å². The molecule has 0 aliphatic rings. The van der Waals surface area contributed by atoms with E-state index in [-0.39, 0.29) is 5.03 Å². The van der Waals surface area contributed by atoms with Gasteiger partial charge in [0.25, 0.3) is 0 Å². The largest absolute Gasteiger partial charge is 0.433 e. The maximum atomic E-state index is 12.8. The molecule has 3 nitrogen and oxygen atoms in total. The summed E-state index contributed by atoms with van der Waals surface area (Å²) in [6, 6.07) is 11.8. The number of anilines is 1. The Balaban J connectivity index is 1.88. The lowest BCUT2D eigenvalue weighted by Gasteiger charge is -2.11. The van der Waals surface area contributed by atoms with Crippen molar-refractivity contribution in [2.24, 2.45) is 0 Å². The average molecular weight is 335 g/mol. The highest BCUT2D eigenvalue weighted by Gasteiger charge is 2.32. The van der Waals surface area contributed by atoms with E-state index in [1.807, 2.05) is 30.3 Å². The number of para-hydroxylation sites is 1. The number of nitrogens with one attached hydrogen (secondary N) is 1. The molecule has 0 fully saturated rings. The quantitative estimate of drug-likeness (QED) is 0.678. The van der Waals surface area contributed by atoms with Gasteiger partial charge < -0.3 is 4.72 Å². The summed E-state index contributed by atoms with van der Waals surface area (Å²) in [6.45, 7) is 1.72. The van der Waals surface area contributed by atoms with Gasteiger partial charge in [0.1, 0.15) is 10.7 Å². The van der Waals surface area contributed by atoms with Gasteiger partial charge in [0, 0.05) is 23.5 Å². The molecule has 2 aromatic heterocycles. The van der Waals surface area contributed by atoms with Crippen molar-refractivity contribution in [2.75, 3.05) is 4.72 Å². The molecule has 0 bridgehead atoms. The van der Waals surface area contributed by atoms with Gasteiger partial charge in [-0.2, -0.15) is 13.2 Å². The lowest BCUT2D eigenvalue weighted by atomic mass is 10.2. The zero-order valence-electron chi connectivity index (χ0n) is 12.1. The van der Waals surface area contributed by atoms with E-state index in [4.69, 9.17) is 0 Å². The first-order chi connectivity index (χ1) is 10.9. The number of hydrogen-bond donors (Lipinski definition) is 1. The van der Waals surface area contributed by atoms with Gasteiger partial charge in [0.05, 0.1) is 11.2 Å². The summed E-state index contributed by atoms with van der Waals surface area (Å²) >= 11 is 1.04. The highest BCUT2D eigenvalue weighted by atomic mass is 32.2. The van der Waals surface area contributed by atoms with Crippen LogP contribution in [0.15, 0.2) is 53.7 Å². The normalized spacial score (nSPS) is 11.7. The molecule has 0 saturated carbocycles. The van der Waals surface area contributed by atoms with E-state index >= 15 is 0 Å². The minimum atomic E-state index is -4.45. The second-order valence-electron chi connectivity index (χ2n) is 4.90. The summed E-state index contributed by atoms with van der Waals surface area (Å²) in [7, 11) is 0. The monoisotopic (exact) mass is 335 g/mol. The molecule has 2 heterocycles. The van der Waals surface area contributed by atoms with E-state index in [1.54, 1.807) is 13.1 Å². The number of nitrogens with zero attached hydrogens (tertiary/aromatic N) is 2. The second-order valence-corrected chi connectivity index (χ2v) is 5.70. The van der Waals surface area contributed by atoms with Crippen LogP contribution in [0.2, 0.25) is 0 Å². The summed E-state index contributed by atoms with van der Waals surface area (Å²) in [4.78, 5) is 7.99. The number of halogens is 3. The van der Waals surface area contributed by atoms with Crippen LogP contribution in [0.5, 0.6) is 0 Å². The van der Waals surface area contributed by atoms with E-state index < -0.39 is 11.9 Å². The number of pyridine rings is 2. The number of rotatable bonds is 3. The Hall–Kier alpha value is -2.28. The molecule has 23 heavy (non-hydrogen) atoms. The van der Waals surface area contributed by atoms with Crippen molar-refractivity contribution in [3.05, 3.63) is 59.9 Å². The van der Waals surface area contributed by atoms with Gasteiger partial charge in [-0.1, -0.05) is 24.3 Å². The fourth-order valence-corrected chi connectivity index (χ4v) is 2.81. The first-order valence-corrected chi connectivity index (χ1v) is 7.58. The van der Waals surface area contributed by atoms with Crippen LogP contribution in [0.4, 0.5) is 18.9 Å². The van der Waals surface area contributed by atoms with E-state index in [1.165, 1.54) is 6.07 Å². The fraction of sp³-hybridized carbons (Fsp3) is 0.125. The SMILES string of the molecule is Cc1ccc(C(F)(F)F)nc1SNc1cccc2cccnc12. The van der Waals surface area contributed by atoms with Crippen LogP contribution in [0, 0.1) is 6.92 Å². The van der Waals surface area contributed by atoms with Crippen LogP contribution in [-0.2, 0) is 6.18 Å². The van der Waals surface area contributed by atoms with Crippen molar-refractivity contribution >= 4 is 28.5 Å². The molecule has 3 aromatic rings. The van der Waals surface area contributed by atoms with Crippen LogP contribution in [-0.4, -0.2) is 9.97 Å². The van der Waals surface area contributed by atoms with Gasteiger partial charge >= 0.3 is 6.18 Å². The summed E-state index contributed by atoms with van der Waals surface area (Å²) < 4.78 is 41.4. The number of hydrogen-bond acceptors (Lipinski definition) is 4. The minimum Gasteiger partial charge on any atom is -0.322 e. The summed E-state index contributed by atoms with van der Waals surface area (Å²) in [5.41, 5.74) is 1.26. The van der Waals surface area contributed by atoms with Crippen molar-refractivity contribution in [3.63, 3.8) is 0 Å². The molecule has 0 radical (unpaired) electrons. The molecular formula is C16H12F3N3S. The van der Waals surface area contributed by atoms with Crippen LogP contribution < -0.4 is 4.72 Å². The molecule has 118 valence electrons. The zero-order chi connectivity index (χ0) is 16.4. The third-order valence-electron chi connectivity index (χ3n) is 3.23. The van der Waals surface area contributed by atoms with Crippen molar-refractivity contribution in [2.45, 2.75) is 18.1 Å². The molecular weight excluding hydrogens is 323 g/mol. The Bertz CT molecular complexity index is 844. The Morgan fingerprint density at radius 2 is 1.83 bits per heavy atom. The van der Waals surface area contributed by atoms with Crippen molar-refractivity contribution in [3.8, 4) is 0 Å². The van der Waals surface area contributed by atoms with Crippen LogP contribution >= 0.6 is 11.9 Å². The Kier molecular flexibility index (Phi) is 4.12. The molecule has 0 spiro atoms. The lowest BCUT2D eigenvalue weighted by molar-refractivity contribution is -0.141. The average Bonchev–Trinajstić information content (AvgIpc) is 2.53. The summed E-state index contributed by atoms with van der Waals surface area (Å²) in [5, 5.41) is 1.24. The van der Waals surface area contributed by atoms with E-state index in [0.717, 1.165) is 34.6 Å². The predicted molar refractivity (Wildman–Crippen MR) is 85.2 cm³/mol. The molecule has 1 aromatic carbocycles. The standard InChI is InChI=1S/C16H12F3N3S/c1-10-7-8-13(16(17,18)19)21-15(10)23-22-12-6-2-4-11-5-3-9-20-14(11)12/h2-9,22H,1H3. The van der Waals surface area contributed by atoms with Gasteiger partial charge in [0.15, 0.2) is 0 Å². The van der Waals surface area contributed by atoms with E-state index in [9.17, 15) is 13.2 Å². The smallest absolute Gasteiger partial charge is 0.322 e. The highest BCUT2D eigenvalue weighted by Crippen LogP contribution is 2.32. The summed E-state index contributed by atoms with van der Waals surface area (Å²) in [6.07, 6.45) is -2.78. The van der Waals surface area contributed by atoms with E-state index in [2.05, 4.69) is 14.7 Å². The molecule has 0 aliphatic heterocycles. The molecule has 3 rings (SSSR count). The number of fused-ring (bicyclic) bond motifs is 1. The van der Waals surface area contributed by atoms with Crippen molar-refractivity contribution in [1.82, 2.24) is 9.97 Å². The van der Waals surface area contributed by atoms with Crippen LogP contribution in [0.3, 0.4) is 0 Å². The zero-order valence-corrected chi connectivity index (χ0v) is 12.9. The molecule has 7 heteroatoms.